The summed E-state index contributed by atoms with van der Waals surface area (Å²) >= 11 is 2.92. The predicted octanol–water partition coefficient (Wildman–Crippen LogP) is 5.85. The van der Waals surface area contributed by atoms with Gasteiger partial charge in [-0.15, -0.1) is 21.5 Å². The van der Waals surface area contributed by atoms with E-state index in [1.807, 2.05) is 60.7 Å². The van der Waals surface area contributed by atoms with Crippen LogP contribution in [0.3, 0.4) is 0 Å². The Morgan fingerprint density at radius 2 is 1.79 bits per heavy atom. The van der Waals surface area contributed by atoms with Gasteiger partial charge in [-0.25, -0.2) is 9.97 Å². The molecule has 0 aliphatic carbocycles. The summed E-state index contributed by atoms with van der Waals surface area (Å²) in [5, 5.41) is 12.7. The minimum atomic E-state index is -0.126. The van der Waals surface area contributed by atoms with Crippen LogP contribution in [0, 0.1) is 6.92 Å². The highest BCUT2D eigenvalue weighted by Crippen LogP contribution is 2.31. The van der Waals surface area contributed by atoms with E-state index in [9.17, 15) is 4.79 Å². The first kappa shape index (κ1) is 21.2. The van der Waals surface area contributed by atoms with Gasteiger partial charge >= 0.3 is 0 Å². The molecule has 3 aromatic carbocycles. The molecule has 8 heteroatoms. The largest absolute Gasteiger partial charge is 0.325 e. The molecule has 0 radical (unpaired) electrons. The fourth-order valence-corrected chi connectivity index (χ4v) is 4.88. The van der Waals surface area contributed by atoms with Crippen LogP contribution in [0.1, 0.15) is 5.56 Å². The van der Waals surface area contributed by atoms with Crippen molar-refractivity contribution in [1.82, 2.24) is 20.2 Å². The van der Waals surface area contributed by atoms with Crippen molar-refractivity contribution in [2.75, 3.05) is 11.1 Å². The maximum atomic E-state index is 12.4. The maximum Gasteiger partial charge on any atom is 0.234 e. The summed E-state index contributed by atoms with van der Waals surface area (Å²) in [7, 11) is 0. The number of hydrogen-bond donors (Lipinski definition) is 1. The molecule has 5 rings (SSSR count). The Kier molecular flexibility index (Phi) is 6.10. The summed E-state index contributed by atoms with van der Waals surface area (Å²) in [6.45, 7) is 2.08. The van der Waals surface area contributed by atoms with Gasteiger partial charge in [0.05, 0.1) is 22.2 Å². The number of rotatable bonds is 6. The molecule has 1 amide bonds. The lowest BCUT2D eigenvalue weighted by Crippen LogP contribution is -2.14. The third-order valence-corrected chi connectivity index (χ3v) is 6.82. The molecular weight excluding hydrogens is 450 g/mol. The molecular formula is C25H19N5OS2. The molecule has 0 saturated heterocycles. The second kappa shape index (κ2) is 9.48. The van der Waals surface area contributed by atoms with E-state index in [1.165, 1.54) is 22.0 Å². The number of aryl methyl sites for hydroxylation is 1. The molecule has 33 heavy (non-hydrogen) atoms. The molecule has 162 valence electrons. The smallest absolute Gasteiger partial charge is 0.234 e. The Hall–Kier alpha value is -3.62. The zero-order valence-electron chi connectivity index (χ0n) is 17.7. The summed E-state index contributed by atoms with van der Waals surface area (Å²) < 4.78 is 1.17. The third-order valence-electron chi connectivity index (χ3n) is 4.90. The molecule has 2 aromatic heterocycles. The zero-order chi connectivity index (χ0) is 22.6. The van der Waals surface area contributed by atoms with Gasteiger partial charge in [-0.1, -0.05) is 48.2 Å². The van der Waals surface area contributed by atoms with Crippen molar-refractivity contribution in [1.29, 1.82) is 0 Å². The summed E-state index contributed by atoms with van der Waals surface area (Å²) in [4.78, 5) is 21.4. The van der Waals surface area contributed by atoms with E-state index in [2.05, 4.69) is 39.6 Å². The van der Waals surface area contributed by atoms with Gasteiger partial charge in [0.25, 0.3) is 0 Å². The van der Waals surface area contributed by atoms with Crippen molar-refractivity contribution in [2.45, 2.75) is 12.1 Å². The molecule has 0 unspecified atom stereocenters. The lowest BCUT2D eigenvalue weighted by Gasteiger charge is -2.05. The highest BCUT2D eigenvalue weighted by Gasteiger charge is 2.09. The number of carbonyl (C=O) groups excluding carboxylic acids is 1. The molecule has 6 nitrogen and oxygen atoms in total. The zero-order valence-corrected chi connectivity index (χ0v) is 19.4. The number of thioether (sulfide) groups is 1. The van der Waals surface area contributed by atoms with Crippen molar-refractivity contribution in [3.63, 3.8) is 0 Å². The first-order chi connectivity index (χ1) is 16.1. The first-order valence-corrected chi connectivity index (χ1v) is 12.1. The van der Waals surface area contributed by atoms with Crippen LogP contribution in [0.25, 0.3) is 32.0 Å². The van der Waals surface area contributed by atoms with E-state index in [-0.39, 0.29) is 11.7 Å². The van der Waals surface area contributed by atoms with E-state index in [0.29, 0.717) is 10.9 Å². The number of nitrogens with one attached hydrogen (secondary N) is 1. The van der Waals surface area contributed by atoms with Gasteiger partial charge < -0.3 is 5.32 Å². The van der Waals surface area contributed by atoms with Crippen LogP contribution in [0.4, 0.5) is 5.69 Å². The highest BCUT2D eigenvalue weighted by molar-refractivity contribution is 7.99. The number of benzene rings is 3. The molecule has 0 aliphatic heterocycles. The summed E-state index contributed by atoms with van der Waals surface area (Å²) in [5.74, 6) is 0.0738. The third kappa shape index (κ3) is 5.08. The monoisotopic (exact) mass is 469 g/mol. The van der Waals surface area contributed by atoms with Gasteiger partial charge in [0, 0.05) is 16.8 Å². The number of amides is 1. The molecule has 0 fully saturated rings. The number of hydrogen-bond acceptors (Lipinski definition) is 7. The number of anilines is 1. The van der Waals surface area contributed by atoms with Crippen molar-refractivity contribution >= 4 is 44.9 Å². The molecule has 0 aliphatic rings. The van der Waals surface area contributed by atoms with Gasteiger partial charge in [-0.2, -0.15) is 0 Å². The fraction of sp³-hybridized carbons (Fsp3) is 0.0800. The molecule has 0 spiro atoms. The van der Waals surface area contributed by atoms with Gasteiger partial charge in [0.2, 0.25) is 11.1 Å². The molecule has 0 bridgehead atoms. The first-order valence-electron chi connectivity index (χ1n) is 10.3. The molecule has 5 aromatic rings. The summed E-state index contributed by atoms with van der Waals surface area (Å²) in [6.07, 6.45) is 1.67. The average molecular weight is 470 g/mol. The Morgan fingerprint density at radius 1 is 0.970 bits per heavy atom. The Balaban J connectivity index is 1.18. The van der Waals surface area contributed by atoms with Crippen molar-refractivity contribution in [3.8, 4) is 21.8 Å². The van der Waals surface area contributed by atoms with Crippen LogP contribution in [0.2, 0.25) is 0 Å². The Labute approximate surface area is 199 Å². The van der Waals surface area contributed by atoms with E-state index in [0.717, 1.165) is 27.3 Å². The predicted molar refractivity (Wildman–Crippen MR) is 134 cm³/mol. The van der Waals surface area contributed by atoms with Crippen molar-refractivity contribution in [3.05, 3.63) is 84.6 Å². The number of fused-ring (bicyclic) bond motifs is 1. The average Bonchev–Trinajstić information content (AvgIpc) is 3.27. The van der Waals surface area contributed by atoms with Crippen LogP contribution in [0.15, 0.2) is 84.1 Å². The lowest BCUT2D eigenvalue weighted by atomic mass is 10.2. The number of carbonyl (C=O) groups is 1. The number of thiazole rings is 1. The summed E-state index contributed by atoms with van der Waals surface area (Å²) in [6, 6.07) is 23.7. The molecule has 2 heterocycles. The topological polar surface area (TPSA) is 80.7 Å². The van der Waals surface area contributed by atoms with E-state index >= 15 is 0 Å². The molecule has 0 atom stereocenters. The maximum absolute atomic E-state index is 12.4. The Bertz CT molecular complexity index is 1400. The minimum Gasteiger partial charge on any atom is -0.325 e. The molecule has 1 N–H and O–H groups in total. The second-order valence-corrected chi connectivity index (χ2v) is 9.37. The van der Waals surface area contributed by atoms with Crippen LogP contribution in [-0.2, 0) is 4.79 Å². The minimum absolute atomic E-state index is 0.126. The standard InChI is InChI=1S/C25H19N5OS2/c1-16-7-12-20-22(13-16)33-24(28-20)18-8-10-19(11-9-18)27-23(31)15-32-25-26-14-21(29-30-25)17-5-3-2-4-6-17/h2-14H,15H2,1H3,(H,27,31). The number of aromatic nitrogens is 4. The van der Waals surface area contributed by atoms with E-state index < -0.39 is 0 Å². The van der Waals surface area contributed by atoms with Crippen molar-refractivity contribution < 1.29 is 4.79 Å². The van der Waals surface area contributed by atoms with Gasteiger partial charge in [-0.05, 0) is 48.9 Å². The van der Waals surface area contributed by atoms with Gasteiger partial charge in [-0.3, -0.25) is 4.79 Å². The van der Waals surface area contributed by atoms with E-state index in [1.54, 1.807) is 17.5 Å². The fourth-order valence-electron chi connectivity index (χ4n) is 3.25. The van der Waals surface area contributed by atoms with Crippen LogP contribution in [0.5, 0.6) is 0 Å². The quantitative estimate of drug-likeness (QED) is 0.314. The van der Waals surface area contributed by atoms with Crippen LogP contribution >= 0.6 is 23.1 Å². The Morgan fingerprint density at radius 3 is 2.55 bits per heavy atom. The van der Waals surface area contributed by atoms with Gasteiger partial charge in [0.15, 0.2) is 0 Å². The van der Waals surface area contributed by atoms with Crippen LogP contribution in [-0.4, -0.2) is 31.8 Å². The molecule has 0 saturated carbocycles. The highest BCUT2D eigenvalue weighted by atomic mass is 32.2. The van der Waals surface area contributed by atoms with E-state index in [4.69, 9.17) is 4.98 Å². The summed E-state index contributed by atoms with van der Waals surface area (Å²) in [5.41, 5.74) is 5.65. The number of nitrogens with zero attached hydrogens (tertiary/aromatic N) is 4. The van der Waals surface area contributed by atoms with Gasteiger partial charge in [0.1, 0.15) is 10.7 Å². The van der Waals surface area contributed by atoms with Crippen molar-refractivity contribution in [2.24, 2.45) is 0 Å². The van der Waals surface area contributed by atoms with Crippen LogP contribution < -0.4 is 5.32 Å². The second-order valence-electron chi connectivity index (χ2n) is 7.40. The normalized spacial score (nSPS) is 10.9. The lowest BCUT2D eigenvalue weighted by molar-refractivity contribution is -0.113. The SMILES string of the molecule is Cc1ccc2nc(-c3ccc(NC(=O)CSc4ncc(-c5ccccc5)nn4)cc3)sc2c1.